The van der Waals surface area contributed by atoms with Crippen LogP contribution in [-0.2, 0) is 20.7 Å². The summed E-state index contributed by atoms with van der Waals surface area (Å²) in [4.78, 5) is 26.8. The Kier molecular flexibility index (Phi) is 6.35. The van der Waals surface area contributed by atoms with E-state index in [0.717, 1.165) is 22.9 Å². The summed E-state index contributed by atoms with van der Waals surface area (Å²) in [5.41, 5.74) is 2.21. The number of nitrogens with zero attached hydrogens (tertiary/aromatic N) is 2. The molecular formula is C22H19FN2O3S. The number of aryl methyl sites for hydroxylation is 1. The number of carbonyl (C=O) groups is 2. The van der Waals surface area contributed by atoms with Gasteiger partial charge in [-0.1, -0.05) is 41.6 Å². The molecule has 2 aromatic carbocycles. The number of rotatable bonds is 5. The van der Waals surface area contributed by atoms with Crippen LogP contribution >= 0.6 is 11.8 Å². The van der Waals surface area contributed by atoms with Crippen molar-refractivity contribution >= 4 is 29.3 Å². The van der Waals surface area contributed by atoms with Crippen LogP contribution < -0.4 is 4.90 Å². The predicted molar refractivity (Wildman–Crippen MR) is 109 cm³/mol. The highest BCUT2D eigenvalue weighted by Crippen LogP contribution is 2.42. The molecule has 1 aliphatic heterocycles. The van der Waals surface area contributed by atoms with E-state index in [1.165, 1.54) is 29.2 Å². The monoisotopic (exact) mass is 410 g/mol. The SMILES string of the molecule is CCOC(=O)/C(C#N)=C1\S[C@@H](Cc2cccc(C)c2)C(=O)N1c1ccc(F)cc1. The summed E-state index contributed by atoms with van der Waals surface area (Å²) in [5, 5.41) is 9.26. The lowest BCUT2D eigenvalue weighted by molar-refractivity contribution is -0.138. The molecule has 1 saturated heterocycles. The van der Waals surface area contributed by atoms with E-state index in [2.05, 4.69) is 0 Å². The zero-order chi connectivity index (χ0) is 21.0. The van der Waals surface area contributed by atoms with Crippen molar-refractivity contribution in [2.75, 3.05) is 11.5 Å². The van der Waals surface area contributed by atoms with E-state index in [0.29, 0.717) is 12.1 Å². The summed E-state index contributed by atoms with van der Waals surface area (Å²) in [7, 11) is 0. The van der Waals surface area contributed by atoms with Gasteiger partial charge in [-0.15, -0.1) is 0 Å². The van der Waals surface area contributed by atoms with E-state index >= 15 is 0 Å². The number of esters is 1. The van der Waals surface area contributed by atoms with Crippen molar-refractivity contribution in [2.45, 2.75) is 25.5 Å². The van der Waals surface area contributed by atoms with Crippen LogP contribution in [0.3, 0.4) is 0 Å². The first-order valence-electron chi connectivity index (χ1n) is 9.07. The first-order valence-corrected chi connectivity index (χ1v) is 9.95. The summed E-state index contributed by atoms with van der Waals surface area (Å²) >= 11 is 1.15. The van der Waals surface area contributed by atoms with E-state index in [-0.39, 0.29) is 23.1 Å². The van der Waals surface area contributed by atoms with Crippen LogP contribution in [0.1, 0.15) is 18.1 Å². The Bertz CT molecular complexity index is 1010. The molecule has 1 heterocycles. The second-order valence-corrected chi connectivity index (χ2v) is 7.65. The van der Waals surface area contributed by atoms with Gasteiger partial charge in [-0.05, 0) is 50.1 Å². The van der Waals surface area contributed by atoms with Crippen LogP contribution in [0.5, 0.6) is 0 Å². The standard InChI is InChI=1S/C22H19FN2O3S/c1-3-28-22(27)18(13-24)21-25(17-9-7-16(23)8-10-17)20(26)19(29-21)12-15-6-4-5-14(2)11-15/h4-11,19H,3,12H2,1-2H3/b21-18-/t19-/m0/s1. The summed E-state index contributed by atoms with van der Waals surface area (Å²) in [6.45, 7) is 3.72. The number of anilines is 1. The minimum absolute atomic E-state index is 0.110. The fraction of sp³-hybridized carbons (Fsp3) is 0.227. The summed E-state index contributed by atoms with van der Waals surface area (Å²) in [5.74, 6) is -1.50. The smallest absolute Gasteiger partial charge is 0.351 e. The number of ether oxygens (including phenoxy) is 1. The average molecular weight is 410 g/mol. The molecule has 0 aromatic heterocycles. The maximum atomic E-state index is 13.4. The topological polar surface area (TPSA) is 70.4 Å². The normalized spacial score (nSPS) is 17.8. The van der Waals surface area contributed by atoms with Crippen molar-refractivity contribution in [3.63, 3.8) is 0 Å². The number of halogens is 1. The highest BCUT2D eigenvalue weighted by atomic mass is 32.2. The van der Waals surface area contributed by atoms with Crippen molar-refractivity contribution in [3.05, 3.63) is 76.1 Å². The first-order chi connectivity index (χ1) is 13.9. The molecule has 0 spiro atoms. The average Bonchev–Trinajstić information content (AvgIpc) is 2.99. The minimum Gasteiger partial charge on any atom is -0.462 e. The molecule has 1 atom stereocenters. The highest BCUT2D eigenvalue weighted by Gasteiger charge is 2.41. The highest BCUT2D eigenvalue weighted by molar-refractivity contribution is 8.05. The molecule has 2 aromatic rings. The summed E-state index contributed by atoms with van der Waals surface area (Å²) in [6.07, 6.45) is 0.438. The number of nitriles is 1. The zero-order valence-corrected chi connectivity index (χ0v) is 16.8. The Morgan fingerprint density at radius 1 is 1.28 bits per heavy atom. The van der Waals surface area contributed by atoms with Gasteiger partial charge in [0.15, 0.2) is 5.57 Å². The minimum atomic E-state index is -0.784. The van der Waals surface area contributed by atoms with Crippen molar-refractivity contribution in [1.29, 1.82) is 5.26 Å². The van der Waals surface area contributed by atoms with Crippen molar-refractivity contribution in [3.8, 4) is 6.07 Å². The van der Waals surface area contributed by atoms with Crippen LogP contribution in [0.25, 0.3) is 0 Å². The Hall–Kier alpha value is -3.11. The lowest BCUT2D eigenvalue weighted by Gasteiger charge is -2.18. The van der Waals surface area contributed by atoms with Gasteiger partial charge in [0.25, 0.3) is 0 Å². The van der Waals surface area contributed by atoms with E-state index in [1.54, 1.807) is 6.92 Å². The molecule has 3 rings (SSSR count). The molecule has 0 aliphatic carbocycles. The van der Waals surface area contributed by atoms with Crippen molar-refractivity contribution in [1.82, 2.24) is 0 Å². The van der Waals surface area contributed by atoms with Gasteiger partial charge in [0.2, 0.25) is 5.91 Å². The van der Waals surface area contributed by atoms with E-state index in [9.17, 15) is 19.2 Å². The molecular weight excluding hydrogens is 391 g/mol. The van der Waals surface area contributed by atoms with Gasteiger partial charge >= 0.3 is 5.97 Å². The van der Waals surface area contributed by atoms with E-state index in [1.807, 2.05) is 37.3 Å². The maximum Gasteiger partial charge on any atom is 0.351 e. The fourth-order valence-electron chi connectivity index (χ4n) is 3.05. The quantitative estimate of drug-likeness (QED) is 0.421. The lowest BCUT2D eigenvalue weighted by atomic mass is 10.1. The van der Waals surface area contributed by atoms with Gasteiger partial charge in [-0.2, -0.15) is 5.26 Å². The Morgan fingerprint density at radius 2 is 2.00 bits per heavy atom. The number of hydrogen-bond donors (Lipinski definition) is 0. The third-order valence-corrected chi connectivity index (χ3v) is 5.61. The Balaban J connectivity index is 2.03. The molecule has 5 nitrogen and oxygen atoms in total. The van der Waals surface area contributed by atoms with Gasteiger partial charge in [-0.3, -0.25) is 9.69 Å². The summed E-state index contributed by atoms with van der Waals surface area (Å²) < 4.78 is 18.4. The molecule has 0 bridgehead atoms. The van der Waals surface area contributed by atoms with E-state index in [4.69, 9.17) is 4.74 Å². The first kappa shape index (κ1) is 20.6. The van der Waals surface area contributed by atoms with Crippen molar-refractivity contribution < 1.29 is 18.7 Å². The molecule has 7 heteroatoms. The van der Waals surface area contributed by atoms with E-state index < -0.39 is 17.0 Å². The van der Waals surface area contributed by atoms with Gasteiger partial charge in [0, 0.05) is 5.69 Å². The second kappa shape index (κ2) is 8.93. The lowest BCUT2D eigenvalue weighted by Crippen LogP contribution is -2.30. The molecule has 0 saturated carbocycles. The molecule has 1 fully saturated rings. The molecule has 1 aliphatic rings. The third kappa shape index (κ3) is 4.49. The van der Waals surface area contributed by atoms with Gasteiger partial charge in [0.05, 0.1) is 11.9 Å². The third-order valence-electron chi connectivity index (χ3n) is 4.35. The van der Waals surface area contributed by atoms with Gasteiger partial charge in [0.1, 0.15) is 16.9 Å². The Labute approximate surface area is 172 Å². The van der Waals surface area contributed by atoms with Gasteiger partial charge < -0.3 is 4.74 Å². The number of amides is 1. The van der Waals surface area contributed by atoms with Crippen LogP contribution in [-0.4, -0.2) is 23.7 Å². The van der Waals surface area contributed by atoms with Crippen LogP contribution in [0, 0.1) is 24.1 Å². The van der Waals surface area contributed by atoms with Crippen LogP contribution in [0.15, 0.2) is 59.1 Å². The largest absolute Gasteiger partial charge is 0.462 e. The number of thioether (sulfide) groups is 1. The summed E-state index contributed by atoms with van der Waals surface area (Å²) in [6, 6.07) is 15.0. The maximum absolute atomic E-state index is 13.4. The number of carbonyl (C=O) groups excluding carboxylic acids is 2. The molecule has 0 N–H and O–H groups in total. The molecule has 29 heavy (non-hydrogen) atoms. The van der Waals surface area contributed by atoms with Crippen LogP contribution in [0.4, 0.5) is 10.1 Å². The van der Waals surface area contributed by atoms with Gasteiger partial charge in [-0.25, -0.2) is 9.18 Å². The van der Waals surface area contributed by atoms with Crippen LogP contribution in [0.2, 0.25) is 0 Å². The second-order valence-electron chi connectivity index (χ2n) is 6.46. The number of benzene rings is 2. The predicted octanol–water partition coefficient (Wildman–Crippen LogP) is 4.12. The zero-order valence-electron chi connectivity index (χ0n) is 16.0. The van der Waals surface area contributed by atoms with Crippen molar-refractivity contribution in [2.24, 2.45) is 0 Å². The Morgan fingerprint density at radius 3 is 2.62 bits per heavy atom. The molecule has 148 valence electrons. The number of hydrogen-bond acceptors (Lipinski definition) is 5. The molecule has 0 unspecified atom stereocenters. The molecule has 0 radical (unpaired) electrons. The molecule has 1 amide bonds. The fourth-order valence-corrected chi connectivity index (χ4v) is 4.35.